The van der Waals surface area contributed by atoms with Gasteiger partial charge >= 0.3 is 0 Å². The number of para-hydroxylation sites is 2. The summed E-state index contributed by atoms with van der Waals surface area (Å²) in [4.78, 5) is 23.9. The predicted octanol–water partition coefficient (Wildman–Crippen LogP) is 3.44. The molecule has 0 spiro atoms. The van der Waals surface area contributed by atoms with Gasteiger partial charge in [0, 0.05) is 57.2 Å². The van der Waals surface area contributed by atoms with Crippen molar-refractivity contribution in [2.75, 3.05) is 49.1 Å². The second-order valence-electron chi connectivity index (χ2n) is 9.67. The summed E-state index contributed by atoms with van der Waals surface area (Å²) in [6.45, 7) is 6.54. The third-order valence-electron chi connectivity index (χ3n) is 7.38. The van der Waals surface area contributed by atoms with E-state index in [1.165, 1.54) is 5.69 Å². The molecule has 7 heteroatoms. The minimum Gasteiger partial charge on any atom is -0.506 e. The highest BCUT2D eigenvalue weighted by molar-refractivity contribution is 5.78. The van der Waals surface area contributed by atoms with E-state index in [0.29, 0.717) is 24.8 Å². The Balaban J connectivity index is 1.06. The Bertz CT molecular complexity index is 1120. The number of benzene rings is 2. The van der Waals surface area contributed by atoms with Crippen molar-refractivity contribution >= 4 is 17.3 Å². The first kappa shape index (κ1) is 24.1. The van der Waals surface area contributed by atoms with Crippen LogP contribution in [-0.2, 0) is 17.8 Å². The molecule has 2 aliphatic heterocycles. The first-order valence-corrected chi connectivity index (χ1v) is 12.9. The van der Waals surface area contributed by atoms with Crippen LogP contribution in [0.25, 0.3) is 0 Å². The van der Waals surface area contributed by atoms with Crippen molar-refractivity contribution < 1.29 is 9.90 Å². The number of pyridine rings is 1. The second kappa shape index (κ2) is 11.4. The van der Waals surface area contributed by atoms with Crippen molar-refractivity contribution in [2.24, 2.45) is 0 Å². The molecule has 188 valence electrons. The molecule has 2 fully saturated rings. The van der Waals surface area contributed by atoms with E-state index in [0.717, 1.165) is 69.1 Å². The third-order valence-corrected chi connectivity index (χ3v) is 7.38. The molecular weight excluding hydrogens is 450 g/mol. The number of nitrogens with one attached hydrogen (secondary N) is 1. The van der Waals surface area contributed by atoms with Gasteiger partial charge in [0.15, 0.2) is 0 Å². The second-order valence-corrected chi connectivity index (χ2v) is 9.67. The fraction of sp³-hybridized carbons (Fsp3) is 0.379. The van der Waals surface area contributed by atoms with E-state index >= 15 is 0 Å². The highest BCUT2D eigenvalue weighted by Crippen LogP contribution is 2.29. The average Bonchev–Trinajstić information content (AvgIpc) is 2.93. The molecule has 0 bridgehead atoms. The van der Waals surface area contributed by atoms with Crippen molar-refractivity contribution in [1.82, 2.24) is 15.2 Å². The molecule has 0 saturated carbocycles. The molecule has 1 aromatic heterocycles. The smallest absolute Gasteiger partial charge is 0.224 e. The normalized spacial score (nSPS) is 17.2. The molecule has 5 rings (SSSR count). The molecule has 0 unspecified atom stereocenters. The molecule has 3 aromatic rings. The number of piperazine rings is 1. The van der Waals surface area contributed by atoms with Gasteiger partial charge in [-0.25, -0.2) is 0 Å². The largest absolute Gasteiger partial charge is 0.506 e. The molecule has 2 N–H and O–H groups in total. The molecule has 2 saturated heterocycles. The molecule has 0 aliphatic carbocycles. The first-order valence-electron chi connectivity index (χ1n) is 12.9. The Hall–Kier alpha value is -3.58. The summed E-state index contributed by atoms with van der Waals surface area (Å²) in [6, 6.07) is 22.4. The predicted molar refractivity (Wildman–Crippen MR) is 143 cm³/mol. The van der Waals surface area contributed by atoms with Crippen LogP contribution in [0.4, 0.5) is 11.4 Å². The Kier molecular flexibility index (Phi) is 7.67. The zero-order valence-electron chi connectivity index (χ0n) is 20.7. The molecule has 7 nitrogen and oxygen atoms in total. The third kappa shape index (κ3) is 5.97. The van der Waals surface area contributed by atoms with Gasteiger partial charge in [-0.1, -0.05) is 30.3 Å². The monoisotopic (exact) mass is 485 g/mol. The molecular formula is C29H35N5O2. The highest BCUT2D eigenvalue weighted by atomic mass is 16.3. The Morgan fingerprint density at radius 3 is 2.28 bits per heavy atom. The van der Waals surface area contributed by atoms with Crippen LogP contribution in [0.15, 0.2) is 72.9 Å². The summed E-state index contributed by atoms with van der Waals surface area (Å²) in [5.74, 6) is 0.382. The van der Waals surface area contributed by atoms with Crippen LogP contribution in [0, 0.1) is 0 Å². The van der Waals surface area contributed by atoms with Gasteiger partial charge in [0.05, 0.1) is 24.3 Å². The maximum Gasteiger partial charge on any atom is 0.224 e. The van der Waals surface area contributed by atoms with Crippen LogP contribution in [0.5, 0.6) is 5.75 Å². The minimum atomic E-state index is 0.0109. The lowest BCUT2D eigenvalue weighted by Gasteiger charge is -2.43. The van der Waals surface area contributed by atoms with Crippen LogP contribution >= 0.6 is 0 Å². The van der Waals surface area contributed by atoms with Crippen molar-refractivity contribution in [1.29, 1.82) is 0 Å². The maximum absolute atomic E-state index is 12.3. The number of piperidine rings is 1. The van der Waals surface area contributed by atoms with Gasteiger partial charge in [-0.3, -0.25) is 14.7 Å². The molecule has 1 amide bonds. The van der Waals surface area contributed by atoms with Gasteiger partial charge in [-0.2, -0.15) is 0 Å². The summed E-state index contributed by atoms with van der Waals surface area (Å²) >= 11 is 0. The number of hydrogen-bond acceptors (Lipinski definition) is 6. The minimum absolute atomic E-state index is 0.0109. The number of nitrogens with zero attached hydrogens (tertiary/aromatic N) is 4. The van der Waals surface area contributed by atoms with Crippen LogP contribution in [-0.4, -0.2) is 66.2 Å². The summed E-state index contributed by atoms with van der Waals surface area (Å²) in [5, 5.41) is 13.1. The van der Waals surface area contributed by atoms with Crippen molar-refractivity contribution in [3.63, 3.8) is 0 Å². The quantitative estimate of drug-likeness (QED) is 0.534. The lowest BCUT2D eigenvalue weighted by Crippen LogP contribution is -2.53. The van der Waals surface area contributed by atoms with Crippen LogP contribution in [0.1, 0.15) is 24.1 Å². The van der Waals surface area contributed by atoms with Crippen molar-refractivity contribution in [3.05, 3.63) is 84.2 Å². The number of hydrogen-bond donors (Lipinski definition) is 2. The standard InChI is InChI=1S/C29H35N5O2/c35-28-7-2-1-6-27(28)34-19-17-33(18-20-34)26-12-15-32(16-13-26)25-10-8-23(9-11-25)21-29(36)31-22-24-5-3-4-14-30-24/h1-11,14,26,35H,12-13,15-22H2,(H,31,36). The van der Waals surface area contributed by atoms with E-state index in [-0.39, 0.29) is 5.91 Å². The van der Waals surface area contributed by atoms with Gasteiger partial charge in [-0.15, -0.1) is 0 Å². The van der Waals surface area contributed by atoms with E-state index < -0.39 is 0 Å². The number of carbonyl (C=O) groups excluding carboxylic acids is 1. The number of phenols is 1. The number of aromatic nitrogens is 1. The van der Waals surface area contributed by atoms with Gasteiger partial charge in [0.2, 0.25) is 5.91 Å². The number of anilines is 2. The average molecular weight is 486 g/mol. The fourth-order valence-corrected chi connectivity index (χ4v) is 5.31. The lowest BCUT2D eigenvalue weighted by atomic mass is 10.0. The first-order chi connectivity index (χ1) is 17.7. The zero-order valence-corrected chi connectivity index (χ0v) is 20.7. The maximum atomic E-state index is 12.3. The Morgan fingerprint density at radius 1 is 0.861 bits per heavy atom. The van der Waals surface area contributed by atoms with Crippen LogP contribution < -0.4 is 15.1 Å². The van der Waals surface area contributed by atoms with Crippen LogP contribution in [0.3, 0.4) is 0 Å². The summed E-state index contributed by atoms with van der Waals surface area (Å²) in [6.07, 6.45) is 4.44. The molecule has 0 atom stereocenters. The van der Waals surface area contributed by atoms with Gasteiger partial charge < -0.3 is 20.2 Å². The number of phenolic OH excluding ortho intramolecular Hbond substituents is 1. The number of aromatic hydroxyl groups is 1. The van der Waals surface area contributed by atoms with E-state index in [9.17, 15) is 9.90 Å². The highest BCUT2D eigenvalue weighted by Gasteiger charge is 2.28. The van der Waals surface area contributed by atoms with Gasteiger partial charge in [-0.05, 0) is 54.8 Å². The Morgan fingerprint density at radius 2 is 1.58 bits per heavy atom. The number of rotatable bonds is 7. The SMILES string of the molecule is O=C(Cc1ccc(N2CCC(N3CCN(c4ccccc4O)CC3)CC2)cc1)NCc1ccccn1. The lowest BCUT2D eigenvalue weighted by molar-refractivity contribution is -0.120. The van der Waals surface area contributed by atoms with Crippen LogP contribution in [0.2, 0.25) is 0 Å². The van der Waals surface area contributed by atoms with Crippen molar-refractivity contribution in [2.45, 2.75) is 31.8 Å². The molecule has 3 heterocycles. The van der Waals surface area contributed by atoms with E-state index in [1.54, 1.807) is 12.3 Å². The molecule has 36 heavy (non-hydrogen) atoms. The van der Waals surface area contributed by atoms with E-state index in [1.807, 2.05) is 36.4 Å². The van der Waals surface area contributed by atoms with Crippen molar-refractivity contribution in [3.8, 4) is 5.75 Å². The van der Waals surface area contributed by atoms with Gasteiger partial charge in [0.25, 0.3) is 0 Å². The number of amides is 1. The number of carbonyl (C=O) groups is 1. The molecule has 2 aliphatic rings. The summed E-state index contributed by atoms with van der Waals surface area (Å²) < 4.78 is 0. The van der Waals surface area contributed by atoms with E-state index in [4.69, 9.17) is 0 Å². The summed E-state index contributed by atoms with van der Waals surface area (Å²) in [7, 11) is 0. The van der Waals surface area contributed by atoms with E-state index in [2.05, 4.69) is 49.3 Å². The zero-order chi connectivity index (χ0) is 24.7. The molecule has 0 radical (unpaired) electrons. The fourth-order valence-electron chi connectivity index (χ4n) is 5.31. The van der Waals surface area contributed by atoms with Gasteiger partial charge in [0.1, 0.15) is 5.75 Å². The topological polar surface area (TPSA) is 71.9 Å². The molecule has 2 aromatic carbocycles. The Labute approximate surface area is 213 Å². The summed E-state index contributed by atoms with van der Waals surface area (Å²) in [5.41, 5.74) is 4.06.